The number of carbonyl (C=O) groups is 2. The number of benzene rings is 2. The Balaban J connectivity index is 1.93. The molecule has 3 N–H and O–H groups in total. The van der Waals surface area contributed by atoms with Crippen LogP contribution in [0, 0.1) is 5.92 Å². The maximum Gasteiger partial charge on any atom is 0.258 e. The average molecular weight is 354 g/mol. The van der Waals surface area contributed by atoms with Crippen molar-refractivity contribution in [2.75, 3.05) is 13.2 Å². The first-order valence-corrected chi connectivity index (χ1v) is 8.69. The van der Waals surface area contributed by atoms with Crippen LogP contribution in [0.25, 0.3) is 0 Å². The van der Waals surface area contributed by atoms with Crippen LogP contribution in [-0.4, -0.2) is 30.4 Å². The van der Waals surface area contributed by atoms with Gasteiger partial charge in [0.1, 0.15) is 5.75 Å². The summed E-state index contributed by atoms with van der Waals surface area (Å²) in [6.07, 6.45) is 0. The first-order chi connectivity index (χ1) is 12.4. The molecule has 0 fully saturated rings. The fourth-order valence-electron chi connectivity index (χ4n) is 2.39. The minimum Gasteiger partial charge on any atom is -0.484 e. The van der Waals surface area contributed by atoms with Crippen molar-refractivity contribution in [3.63, 3.8) is 0 Å². The van der Waals surface area contributed by atoms with Gasteiger partial charge in [0, 0.05) is 17.7 Å². The van der Waals surface area contributed by atoms with Crippen LogP contribution in [0.4, 0.5) is 0 Å². The van der Waals surface area contributed by atoms with Gasteiger partial charge < -0.3 is 15.8 Å². The third-order valence-electron chi connectivity index (χ3n) is 4.65. The molecule has 2 aromatic carbocycles. The zero-order valence-corrected chi connectivity index (χ0v) is 15.5. The minimum absolute atomic E-state index is 0.0504. The fraction of sp³-hybridized carbons (Fsp3) is 0.333. The van der Waals surface area contributed by atoms with Gasteiger partial charge in [-0.25, -0.2) is 0 Å². The van der Waals surface area contributed by atoms with Gasteiger partial charge in [0.05, 0.1) is 5.54 Å². The second-order valence-electron chi connectivity index (χ2n) is 6.83. The SMILES string of the molecule is CC(C)C(C)(CN)NC(=O)COc1ccc(C(=O)c2ccccc2)cc1. The highest BCUT2D eigenvalue weighted by atomic mass is 16.5. The molecule has 2 rings (SSSR count). The fourth-order valence-corrected chi connectivity index (χ4v) is 2.39. The molecule has 26 heavy (non-hydrogen) atoms. The van der Waals surface area contributed by atoms with Crippen LogP contribution in [0.1, 0.15) is 36.7 Å². The van der Waals surface area contributed by atoms with E-state index in [4.69, 9.17) is 10.5 Å². The lowest BCUT2D eigenvalue weighted by molar-refractivity contribution is -0.125. The van der Waals surface area contributed by atoms with Gasteiger partial charge in [-0.1, -0.05) is 44.2 Å². The highest BCUT2D eigenvalue weighted by molar-refractivity contribution is 6.08. The number of hydrogen-bond acceptors (Lipinski definition) is 4. The van der Waals surface area contributed by atoms with Crippen LogP contribution in [0.3, 0.4) is 0 Å². The second-order valence-corrected chi connectivity index (χ2v) is 6.83. The van der Waals surface area contributed by atoms with E-state index in [1.54, 1.807) is 36.4 Å². The average Bonchev–Trinajstić information content (AvgIpc) is 2.66. The van der Waals surface area contributed by atoms with Gasteiger partial charge in [-0.3, -0.25) is 9.59 Å². The van der Waals surface area contributed by atoms with Crippen molar-refractivity contribution in [2.45, 2.75) is 26.3 Å². The first-order valence-electron chi connectivity index (χ1n) is 8.69. The highest BCUT2D eigenvalue weighted by Gasteiger charge is 2.28. The van der Waals surface area contributed by atoms with Gasteiger partial charge in [-0.15, -0.1) is 0 Å². The molecule has 0 aliphatic heterocycles. The van der Waals surface area contributed by atoms with E-state index in [0.717, 1.165) is 0 Å². The summed E-state index contributed by atoms with van der Waals surface area (Å²) < 4.78 is 5.51. The topological polar surface area (TPSA) is 81.4 Å². The number of carbonyl (C=O) groups excluding carboxylic acids is 2. The Bertz CT molecular complexity index is 742. The molecule has 1 atom stereocenters. The minimum atomic E-state index is -0.466. The van der Waals surface area contributed by atoms with E-state index in [0.29, 0.717) is 23.4 Å². The summed E-state index contributed by atoms with van der Waals surface area (Å²) in [7, 11) is 0. The van der Waals surface area contributed by atoms with Crippen molar-refractivity contribution >= 4 is 11.7 Å². The molecule has 0 saturated heterocycles. The monoisotopic (exact) mass is 354 g/mol. The van der Waals surface area contributed by atoms with E-state index in [2.05, 4.69) is 5.32 Å². The van der Waals surface area contributed by atoms with Gasteiger partial charge in [-0.2, -0.15) is 0 Å². The number of hydrogen-bond donors (Lipinski definition) is 2. The highest BCUT2D eigenvalue weighted by Crippen LogP contribution is 2.17. The van der Waals surface area contributed by atoms with Crippen LogP contribution in [0.2, 0.25) is 0 Å². The number of rotatable bonds is 8. The summed E-state index contributed by atoms with van der Waals surface area (Å²) in [6, 6.07) is 15.9. The Morgan fingerprint density at radius 3 is 2.15 bits per heavy atom. The third-order valence-corrected chi connectivity index (χ3v) is 4.65. The number of amides is 1. The Kier molecular flexibility index (Phi) is 6.52. The van der Waals surface area contributed by atoms with Crippen molar-refractivity contribution in [3.05, 3.63) is 65.7 Å². The molecule has 2 aromatic rings. The number of ether oxygens (including phenoxy) is 1. The number of nitrogens with two attached hydrogens (primary N) is 1. The van der Waals surface area contributed by atoms with Crippen LogP contribution < -0.4 is 15.8 Å². The van der Waals surface area contributed by atoms with E-state index in [-0.39, 0.29) is 24.2 Å². The largest absolute Gasteiger partial charge is 0.484 e. The Morgan fingerprint density at radius 1 is 1.04 bits per heavy atom. The molecular weight excluding hydrogens is 328 g/mol. The van der Waals surface area contributed by atoms with Crippen molar-refractivity contribution in [2.24, 2.45) is 11.7 Å². The molecule has 138 valence electrons. The Hall–Kier alpha value is -2.66. The predicted molar refractivity (Wildman–Crippen MR) is 102 cm³/mol. The molecule has 5 nitrogen and oxygen atoms in total. The molecule has 0 heterocycles. The summed E-state index contributed by atoms with van der Waals surface area (Å²) in [5.74, 6) is 0.463. The van der Waals surface area contributed by atoms with Crippen LogP contribution >= 0.6 is 0 Å². The molecule has 0 radical (unpaired) electrons. The zero-order valence-electron chi connectivity index (χ0n) is 15.5. The number of nitrogens with one attached hydrogen (secondary N) is 1. The number of ketones is 1. The molecule has 1 amide bonds. The van der Waals surface area contributed by atoms with Gasteiger partial charge in [0.2, 0.25) is 0 Å². The third kappa shape index (κ3) is 4.92. The molecule has 0 aliphatic carbocycles. The molecule has 0 saturated carbocycles. The van der Waals surface area contributed by atoms with Crippen LogP contribution in [0.15, 0.2) is 54.6 Å². The summed E-state index contributed by atoms with van der Waals surface area (Å²) >= 11 is 0. The van der Waals surface area contributed by atoms with Crippen molar-refractivity contribution in [1.29, 1.82) is 0 Å². The van der Waals surface area contributed by atoms with Gasteiger partial charge in [0.15, 0.2) is 12.4 Å². The van der Waals surface area contributed by atoms with Crippen molar-refractivity contribution < 1.29 is 14.3 Å². The molecule has 0 spiro atoms. The van der Waals surface area contributed by atoms with Crippen molar-refractivity contribution in [3.8, 4) is 5.75 Å². The van der Waals surface area contributed by atoms with Gasteiger partial charge in [-0.05, 0) is 37.1 Å². The molecule has 0 bridgehead atoms. The summed E-state index contributed by atoms with van der Waals surface area (Å²) in [5.41, 5.74) is 6.51. The molecule has 0 aliphatic rings. The quantitative estimate of drug-likeness (QED) is 0.714. The van der Waals surface area contributed by atoms with E-state index < -0.39 is 5.54 Å². The summed E-state index contributed by atoms with van der Waals surface area (Å²) in [5, 5.41) is 2.92. The maximum absolute atomic E-state index is 12.4. The maximum atomic E-state index is 12.4. The zero-order chi connectivity index (χ0) is 19.2. The van der Waals surface area contributed by atoms with Gasteiger partial charge >= 0.3 is 0 Å². The normalized spacial score (nSPS) is 13.1. The standard InChI is InChI=1S/C21H26N2O3/c1-15(2)21(3,14-22)23-19(24)13-26-18-11-9-17(10-12-18)20(25)16-7-5-4-6-8-16/h4-12,15H,13-14,22H2,1-3H3,(H,23,24). The predicted octanol–water partition coefficient (Wildman–Crippen LogP) is 2.79. The van der Waals surface area contributed by atoms with E-state index in [1.165, 1.54) is 0 Å². The van der Waals surface area contributed by atoms with Gasteiger partial charge in [0.25, 0.3) is 5.91 Å². The lowest BCUT2D eigenvalue weighted by atomic mass is 9.88. The molecular formula is C21H26N2O3. The van der Waals surface area contributed by atoms with Crippen LogP contribution in [-0.2, 0) is 4.79 Å². The molecule has 0 aromatic heterocycles. The summed E-state index contributed by atoms with van der Waals surface area (Å²) in [4.78, 5) is 24.5. The van der Waals surface area contributed by atoms with E-state index in [1.807, 2.05) is 39.0 Å². The smallest absolute Gasteiger partial charge is 0.258 e. The van der Waals surface area contributed by atoms with Crippen LogP contribution in [0.5, 0.6) is 5.75 Å². The van der Waals surface area contributed by atoms with E-state index in [9.17, 15) is 9.59 Å². The Morgan fingerprint density at radius 2 is 1.62 bits per heavy atom. The second kappa shape index (κ2) is 8.63. The van der Waals surface area contributed by atoms with Crippen molar-refractivity contribution in [1.82, 2.24) is 5.32 Å². The Labute approximate surface area is 154 Å². The lowest BCUT2D eigenvalue weighted by Crippen LogP contribution is -2.56. The molecule has 5 heteroatoms. The van der Waals surface area contributed by atoms with E-state index >= 15 is 0 Å². The molecule has 1 unspecified atom stereocenters. The summed E-state index contributed by atoms with van der Waals surface area (Å²) in [6.45, 7) is 6.19. The first kappa shape index (κ1) is 19.7. The lowest BCUT2D eigenvalue weighted by Gasteiger charge is -2.33.